The summed E-state index contributed by atoms with van der Waals surface area (Å²) in [7, 11) is 0. The molecule has 0 spiro atoms. The second-order valence-electron chi connectivity index (χ2n) is 3.00. The molecule has 2 nitrogen and oxygen atoms in total. The van der Waals surface area contributed by atoms with Crippen molar-refractivity contribution in [2.45, 2.75) is 13.3 Å². The predicted octanol–water partition coefficient (Wildman–Crippen LogP) is 3.16. The van der Waals surface area contributed by atoms with Crippen LogP contribution in [0.4, 0.5) is 5.69 Å². The van der Waals surface area contributed by atoms with E-state index in [4.69, 9.17) is 22.6 Å². The van der Waals surface area contributed by atoms with Crippen molar-refractivity contribution in [3.05, 3.63) is 34.4 Å². The Morgan fingerprint density at radius 1 is 1.57 bits per heavy atom. The Morgan fingerprint density at radius 3 is 2.86 bits per heavy atom. The third kappa shape index (κ3) is 2.51. The van der Waals surface area contributed by atoms with Crippen molar-refractivity contribution in [3.8, 4) is 6.07 Å². The van der Waals surface area contributed by atoms with Crippen LogP contribution >= 0.6 is 11.6 Å². The molecule has 72 valence electrons. The van der Waals surface area contributed by atoms with Crippen molar-refractivity contribution in [2.24, 2.45) is 0 Å². The van der Waals surface area contributed by atoms with Gasteiger partial charge in [0.15, 0.2) is 0 Å². The molecule has 3 heteroatoms. The Bertz CT molecular complexity index is 379. The van der Waals surface area contributed by atoms with Crippen molar-refractivity contribution in [1.29, 1.82) is 5.26 Å². The molecule has 0 unspecified atom stereocenters. The van der Waals surface area contributed by atoms with E-state index in [1.54, 1.807) is 12.1 Å². The minimum atomic E-state index is 0.404. The molecule has 0 aliphatic carbocycles. The smallest absolute Gasteiger partial charge is 0.0663 e. The molecule has 0 saturated heterocycles. The minimum Gasteiger partial charge on any atom is -0.397 e. The normalized spacial score (nSPS) is 10.4. The molecule has 1 aromatic carbocycles. The van der Waals surface area contributed by atoms with E-state index in [1.807, 2.05) is 25.1 Å². The van der Waals surface area contributed by atoms with Gasteiger partial charge in [0.05, 0.1) is 23.2 Å². The molecule has 0 bridgehead atoms. The molecule has 2 N–H and O–H groups in total. The van der Waals surface area contributed by atoms with E-state index >= 15 is 0 Å². The lowest BCUT2D eigenvalue weighted by Crippen LogP contribution is -1.91. The summed E-state index contributed by atoms with van der Waals surface area (Å²) < 4.78 is 0. The van der Waals surface area contributed by atoms with Gasteiger partial charge in [-0.05, 0) is 30.2 Å². The molecular formula is C11H11ClN2. The van der Waals surface area contributed by atoms with Crippen molar-refractivity contribution in [3.63, 3.8) is 0 Å². The lowest BCUT2D eigenvalue weighted by molar-refractivity contribution is 1.36. The van der Waals surface area contributed by atoms with Crippen LogP contribution in [0.15, 0.2) is 18.2 Å². The number of allylic oxidation sites excluding steroid dienone is 1. The molecule has 0 amide bonds. The number of nitriles is 1. The molecule has 0 atom stereocenters. The highest BCUT2D eigenvalue weighted by atomic mass is 35.5. The zero-order chi connectivity index (χ0) is 10.6. The predicted molar refractivity (Wildman–Crippen MR) is 59.9 cm³/mol. The lowest BCUT2D eigenvalue weighted by atomic mass is 10.1. The summed E-state index contributed by atoms with van der Waals surface area (Å²) in [6.45, 7) is 1.91. The number of halogens is 1. The molecule has 0 fully saturated rings. The summed E-state index contributed by atoms with van der Waals surface area (Å²) in [5.41, 5.74) is 8.23. The van der Waals surface area contributed by atoms with E-state index in [1.165, 1.54) is 0 Å². The van der Waals surface area contributed by atoms with E-state index in [0.717, 1.165) is 11.1 Å². The number of anilines is 1. The Kier molecular flexibility index (Phi) is 3.55. The fraction of sp³-hybridized carbons (Fsp3) is 0.182. The highest BCUT2D eigenvalue weighted by molar-refractivity contribution is 6.33. The van der Waals surface area contributed by atoms with Crippen molar-refractivity contribution in [1.82, 2.24) is 0 Å². The topological polar surface area (TPSA) is 49.8 Å². The molecule has 0 radical (unpaired) electrons. The van der Waals surface area contributed by atoms with Crippen LogP contribution in [0, 0.1) is 18.3 Å². The van der Waals surface area contributed by atoms with E-state index < -0.39 is 0 Å². The zero-order valence-corrected chi connectivity index (χ0v) is 8.67. The Hall–Kier alpha value is -1.46. The first-order valence-corrected chi connectivity index (χ1v) is 4.62. The summed E-state index contributed by atoms with van der Waals surface area (Å²) in [5.74, 6) is 0. The molecule has 0 aliphatic rings. The maximum absolute atomic E-state index is 8.35. The largest absolute Gasteiger partial charge is 0.397 e. The van der Waals surface area contributed by atoms with Crippen molar-refractivity contribution < 1.29 is 0 Å². The van der Waals surface area contributed by atoms with Crippen molar-refractivity contribution >= 4 is 23.4 Å². The van der Waals surface area contributed by atoms with Gasteiger partial charge in [0, 0.05) is 0 Å². The van der Waals surface area contributed by atoms with E-state index in [-0.39, 0.29) is 0 Å². The molecule has 0 aliphatic heterocycles. The first kappa shape index (κ1) is 10.6. The third-order valence-electron chi connectivity index (χ3n) is 1.88. The van der Waals surface area contributed by atoms with Crippen LogP contribution in [0.1, 0.15) is 17.5 Å². The Labute approximate surface area is 88.6 Å². The van der Waals surface area contributed by atoms with Gasteiger partial charge in [0.25, 0.3) is 0 Å². The van der Waals surface area contributed by atoms with Gasteiger partial charge in [0.1, 0.15) is 0 Å². The van der Waals surface area contributed by atoms with Crippen molar-refractivity contribution in [2.75, 3.05) is 5.73 Å². The number of nitrogen functional groups attached to an aromatic ring is 1. The Balaban J connectivity index is 2.96. The molecule has 0 saturated carbocycles. The van der Waals surface area contributed by atoms with Crippen LogP contribution in [0.2, 0.25) is 5.02 Å². The number of nitrogens with zero attached hydrogens (tertiary/aromatic N) is 1. The third-order valence-corrected chi connectivity index (χ3v) is 2.19. The SMILES string of the molecule is Cc1cc(C=CCC#N)cc(Cl)c1N. The highest BCUT2D eigenvalue weighted by Gasteiger charge is 2.00. The molecular weight excluding hydrogens is 196 g/mol. The molecule has 1 aromatic rings. The number of nitrogens with two attached hydrogens (primary N) is 1. The fourth-order valence-corrected chi connectivity index (χ4v) is 1.40. The van der Waals surface area contributed by atoms with E-state index in [0.29, 0.717) is 17.1 Å². The minimum absolute atomic E-state index is 0.404. The summed E-state index contributed by atoms with van der Waals surface area (Å²) in [5, 5.41) is 8.91. The van der Waals surface area contributed by atoms with Crippen LogP contribution in [0.25, 0.3) is 6.08 Å². The van der Waals surface area contributed by atoms with Crippen LogP contribution in [-0.4, -0.2) is 0 Å². The molecule has 0 heterocycles. The lowest BCUT2D eigenvalue weighted by Gasteiger charge is -2.03. The second kappa shape index (κ2) is 4.69. The van der Waals surface area contributed by atoms with Gasteiger partial charge in [-0.3, -0.25) is 0 Å². The maximum atomic E-state index is 8.35. The first-order valence-electron chi connectivity index (χ1n) is 4.24. The van der Waals surface area contributed by atoms with Gasteiger partial charge in [0.2, 0.25) is 0 Å². The average Bonchev–Trinajstić information content (AvgIpc) is 2.14. The van der Waals surface area contributed by atoms with Crippen LogP contribution in [0.5, 0.6) is 0 Å². The number of aryl methyl sites for hydroxylation is 1. The van der Waals surface area contributed by atoms with E-state index in [2.05, 4.69) is 0 Å². The maximum Gasteiger partial charge on any atom is 0.0663 e. The molecule has 0 aromatic heterocycles. The zero-order valence-electron chi connectivity index (χ0n) is 7.92. The standard InChI is InChI=1S/C11H11ClN2/c1-8-6-9(4-2-3-5-13)7-10(12)11(8)14/h2,4,6-7H,3,14H2,1H3. The van der Waals surface area contributed by atoms with E-state index in [9.17, 15) is 0 Å². The number of rotatable bonds is 2. The van der Waals surface area contributed by atoms with Gasteiger partial charge in [-0.25, -0.2) is 0 Å². The summed E-state index contributed by atoms with van der Waals surface area (Å²) in [6.07, 6.45) is 4.06. The summed E-state index contributed by atoms with van der Waals surface area (Å²) in [6, 6.07) is 5.76. The summed E-state index contributed by atoms with van der Waals surface area (Å²) in [4.78, 5) is 0. The number of hydrogen-bond acceptors (Lipinski definition) is 2. The van der Waals surface area contributed by atoms with Gasteiger partial charge in [-0.2, -0.15) is 5.26 Å². The average molecular weight is 207 g/mol. The summed E-state index contributed by atoms with van der Waals surface area (Å²) >= 11 is 5.91. The van der Waals surface area contributed by atoms with Gasteiger partial charge >= 0.3 is 0 Å². The van der Waals surface area contributed by atoms with Gasteiger partial charge in [-0.1, -0.05) is 23.8 Å². The van der Waals surface area contributed by atoms with Crippen LogP contribution in [-0.2, 0) is 0 Å². The second-order valence-corrected chi connectivity index (χ2v) is 3.41. The quantitative estimate of drug-likeness (QED) is 0.756. The molecule has 1 rings (SSSR count). The van der Waals surface area contributed by atoms with Crippen LogP contribution < -0.4 is 5.73 Å². The van der Waals surface area contributed by atoms with Gasteiger partial charge in [-0.15, -0.1) is 0 Å². The molecule has 14 heavy (non-hydrogen) atoms. The number of hydrogen-bond donors (Lipinski definition) is 1. The van der Waals surface area contributed by atoms with Crippen LogP contribution in [0.3, 0.4) is 0 Å². The Morgan fingerprint density at radius 2 is 2.29 bits per heavy atom. The first-order chi connectivity index (χ1) is 6.65. The van der Waals surface area contributed by atoms with Gasteiger partial charge < -0.3 is 5.73 Å². The number of benzene rings is 1. The monoisotopic (exact) mass is 206 g/mol. The highest BCUT2D eigenvalue weighted by Crippen LogP contribution is 2.24. The fourth-order valence-electron chi connectivity index (χ4n) is 1.13.